The van der Waals surface area contributed by atoms with Gasteiger partial charge in [-0.25, -0.2) is 4.98 Å². The summed E-state index contributed by atoms with van der Waals surface area (Å²) in [6.07, 6.45) is 1.000. The first-order valence-corrected chi connectivity index (χ1v) is 11.3. The van der Waals surface area contributed by atoms with Crippen molar-refractivity contribution in [2.24, 2.45) is 0 Å². The van der Waals surface area contributed by atoms with Crippen LogP contribution in [0.1, 0.15) is 29.3 Å². The van der Waals surface area contributed by atoms with Crippen molar-refractivity contribution in [2.75, 3.05) is 36.4 Å². The Kier molecular flexibility index (Phi) is 6.45. The number of anilines is 2. The molecule has 1 saturated heterocycles. The predicted octanol–water partition coefficient (Wildman–Crippen LogP) is 4.65. The van der Waals surface area contributed by atoms with Gasteiger partial charge in [0.15, 0.2) is 5.13 Å². The molecule has 0 spiro atoms. The van der Waals surface area contributed by atoms with Crippen LogP contribution in [-0.4, -0.2) is 42.0 Å². The molecule has 30 heavy (non-hydrogen) atoms. The van der Waals surface area contributed by atoms with Gasteiger partial charge in [0.1, 0.15) is 6.04 Å². The molecule has 3 aromatic rings. The summed E-state index contributed by atoms with van der Waals surface area (Å²) in [5.41, 5.74) is 4.11. The van der Waals surface area contributed by atoms with E-state index in [4.69, 9.17) is 0 Å². The van der Waals surface area contributed by atoms with E-state index in [1.807, 2.05) is 68.4 Å². The van der Waals surface area contributed by atoms with Crippen molar-refractivity contribution in [2.45, 2.75) is 26.3 Å². The Hall–Kier alpha value is -2.70. The third-order valence-corrected chi connectivity index (χ3v) is 6.48. The van der Waals surface area contributed by atoms with Crippen molar-refractivity contribution in [1.82, 2.24) is 9.88 Å². The molecule has 1 aliphatic rings. The second kappa shape index (κ2) is 9.41. The van der Waals surface area contributed by atoms with E-state index in [-0.39, 0.29) is 11.9 Å². The molecule has 1 aliphatic heterocycles. The molecule has 4 rings (SSSR count). The van der Waals surface area contributed by atoms with Gasteiger partial charge in [0.05, 0.1) is 5.69 Å². The Balaban J connectivity index is 1.53. The number of hydrogen-bond acceptors (Lipinski definition) is 5. The summed E-state index contributed by atoms with van der Waals surface area (Å²) < 4.78 is 0. The van der Waals surface area contributed by atoms with Gasteiger partial charge >= 0.3 is 0 Å². The number of nitrogens with one attached hydrogen (secondary N) is 1. The van der Waals surface area contributed by atoms with Crippen molar-refractivity contribution in [1.29, 1.82) is 0 Å². The molecule has 2 aromatic carbocycles. The number of hydrogen-bond donors (Lipinski definition) is 1. The fraction of sp³-hybridized carbons (Fsp3) is 0.333. The molecule has 0 radical (unpaired) electrons. The molecule has 5 nitrogen and oxygen atoms in total. The van der Waals surface area contributed by atoms with E-state index in [0.717, 1.165) is 54.7 Å². The predicted molar refractivity (Wildman–Crippen MR) is 124 cm³/mol. The number of thiazole rings is 1. The highest BCUT2D eigenvalue weighted by atomic mass is 32.1. The van der Waals surface area contributed by atoms with Crippen LogP contribution in [0, 0.1) is 13.8 Å². The molecular weight excluding hydrogens is 392 g/mol. The van der Waals surface area contributed by atoms with E-state index in [9.17, 15) is 4.79 Å². The maximum Gasteiger partial charge on any atom is 0.246 e. The molecule has 1 unspecified atom stereocenters. The summed E-state index contributed by atoms with van der Waals surface area (Å²) in [7, 11) is 0. The van der Waals surface area contributed by atoms with Crippen LogP contribution in [0.3, 0.4) is 0 Å². The average molecular weight is 421 g/mol. The fourth-order valence-corrected chi connectivity index (χ4v) is 4.74. The summed E-state index contributed by atoms with van der Waals surface area (Å²) in [5.74, 6) is 0.0172. The van der Waals surface area contributed by atoms with Crippen molar-refractivity contribution >= 4 is 28.1 Å². The second-order valence-electron chi connectivity index (χ2n) is 7.82. The molecule has 1 fully saturated rings. The van der Waals surface area contributed by atoms with Crippen LogP contribution in [-0.2, 0) is 4.79 Å². The maximum atomic E-state index is 13.4. The number of carbonyl (C=O) groups excluding carboxylic acids is 1. The minimum Gasteiger partial charge on any atom is -0.347 e. The number of benzene rings is 2. The number of amides is 1. The number of aryl methyl sites for hydroxylation is 2. The number of nitrogens with zero attached hydrogens (tertiary/aromatic N) is 3. The van der Waals surface area contributed by atoms with Gasteiger partial charge in [0.25, 0.3) is 0 Å². The highest BCUT2D eigenvalue weighted by Gasteiger charge is 2.29. The van der Waals surface area contributed by atoms with Crippen LogP contribution in [0.5, 0.6) is 0 Å². The van der Waals surface area contributed by atoms with Gasteiger partial charge in [-0.1, -0.05) is 48.0 Å². The van der Waals surface area contributed by atoms with E-state index >= 15 is 0 Å². The second-order valence-corrected chi connectivity index (χ2v) is 8.65. The van der Waals surface area contributed by atoms with Crippen LogP contribution in [0.4, 0.5) is 10.8 Å². The normalized spacial score (nSPS) is 16.1. The van der Waals surface area contributed by atoms with Crippen LogP contribution in [0.2, 0.25) is 0 Å². The summed E-state index contributed by atoms with van der Waals surface area (Å²) in [6, 6.07) is 17.7. The SMILES string of the molecule is Cc1ccc(NC(=O)C(c2ccccc2)N2CCCN(c3nc(C)cs3)CC2)cc1. The van der Waals surface area contributed by atoms with Gasteiger partial charge in [-0.05, 0) is 38.0 Å². The number of aromatic nitrogens is 1. The average Bonchev–Trinajstić information content (AvgIpc) is 3.04. The molecule has 0 aliphatic carbocycles. The number of rotatable bonds is 5. The van der Waals surface area contributed by atoms with Gasteiger partial charge in [-0.15, -0.1) is 11.3 Å². The molecule has 1 amide bonds. The molecule has 1 atom stereocenters. The summed E-state index contributed by atoms with van der Waals surface area (Å²) in [5, 5.41) is 6.30. The lowest BCUT2D eigenvalue weighted by atomic mass is 10.0. The highest BCUT2D eigenvalue weighted by molar-refractivity contribution is 7.13. The van der Waals surface area contributed by atoms with E-state index in [0.29, 0.717) is 0 Å². The fourth-order valence-electron chi connectivity index (χ4n) is 3.88. The van der Waals surface area contributed by atoms with Gasteiger partial charge < -0.3 is 10.2 Å². The zero-order chi connectivity index (χ0) is 20.9. The van der Waals surface area contributed by atoms with Crippen LogP contribution in [0.15, 0.2) is 60.0 Å². The van der Waals surface area contributed by atoms with Crippen LogP contribution < -0.4 is 10.2 Å². The van der Waals surface area contributed by atoms with Gasteiger partial charge in [0.2, 0.25) is 5.91 Å². The van der Waals surface area contributed by atoms with Gasteiger partial charge in [-0.3, -0.25) is 9.69 Å². The molecule has 1 aromatic heterocycles. The standard InChI is InChI=1S/C24H28N4OS/c1-18-9-11-21(12-10-18)26-23(29)22(20-7-4-3-5-8-20)27-13-6-14-28(16-15-27)24-25-19(2)17-30-24/h3-5,7-12,17,22H,6,13-16H2,1-2H3,(H,26,29). The summed E-state index contributed by atoms with van der Waals surface area (Å²) in [4.78, 5) is 22.7. The number of carbonyl (C=O) groups is 1. The van der Waals surface area contributed by atoms with Crippen molar-refractivity contribution in [3.63, 3.8) is 0 Å². The Morgan fingerprint density at radius 2 is 1.77 bits per heavy atom. The highest BCUT2D eigenvalue weighted by Crippen LogP contribution is 2.27. The third kappa shape index (κ3) is 4.89. The summed E-state index contributed by atoms with van der Waals surface area (Å²) >= 11 is 1.70. The van der Waals surface area contributed by atoms with Crippen molar-refractivity contribution in [3.8, 4) is 0 Å². The van der Waals surface area contributed by atoms with E-state index in [2.05, 4.69) is 25.5 Å². The van der Waals surface area contributed by atoms with Crippen molar-refractivity contribution in [3.05, 3.63) is 76.8 Å². The van der Waals surface area contributed by atoms with Gasteiger partial charge in [-0.2, -0.15) is 0 Å². The van der Waals surface area contributed by atoms with Crippen LogP contribution >= 0.6 is 11.3 Å². The molecule has 1 N–H and O–H groups in total. The zero-order valence-electron chi connectivity index (χ0n) is 17.5. The lowest BCUT2D eigenvalue weighted by molar-refractivity contribution is -0.121. The van der Waals surface area contributed by atoms with Crippen molar-refractivity contribution < 1.29 is 4.79 Å². The molecule has 0 saturated carbocycles. The lowest BCUT2D eigenvalue weighted by Gasteiger charge is -2.30. The van der Waals surface area contributed by atoms with E-state index in [1.54, 1.807) is 11.3 Å². The van der Waals surface area contributed by atoms with E-state index < -0.39 is 0 Å². The maximum absolute atomic E-state index is 13.4. The van der Waals surface area contributed by atoms with Crippen LogP contribution in [0.25, 0.3) is 0 Å². The molecule has 156 valence electrons. The largest absolute Gasteiger partial charge is 0.347 e. The Morgan fingerprint density at radius 1 is 1.00 bits per heavy atom. The molecule has 6 heteroatoms. The Morgan fingerprint density at radius 3 is 2.47 bits per heavy atom. The third-order valence-electron chi connectivity index (χ3n) is 5.46. The quantitative estimate of drug-likeness (QED) is 0.653. The minimum atomic E-state index is -0.314. The molecule has 0 bridgehead atoms. The molecule has 2 heterocycles. The Labute approximate surface area is 182 Å². The Bertz CT molecular complexity index is 970. The lowest BCUT2D eigenvalue weighted by Crippen LogP contribution is -2.39. The van der Waals surface area contributed by atoms with E-state index in [1.165, 1.54) is 5.56 Å². The summed E-state index contributed by atoms with van der Waals surface area (Å²) in [6.45, 7) is 7.61. The first-order valence-electron chi connectivity index (χ1n) is 10.4. The van der Waals surface area contributed by atoms with Gasteiger partial charge in [0, 0.05) is 37.2 Å². The smallest absolute Gasteiger partial charge is 0.246 e. The first-order chi connectivity index (χ1) is 14.6. The molecular formula is C24H28N4OS. The first kappa shape index (κ1) is 20.6. The topological polar surface area (TPSA) is 48.5 Å². The zero-order valence-corrected chi connectivity index (χ0v) is 18.4. The minimum absolute atomic E-state index is 0.0172. The monoisotopic (exact) mass is 420 g/mol.